The molecule has 0 fully saturated rings. The van der Waals surface area contributed by atoms with E-state index in [1.54, 1.807) is 0 Å². The molecule has 1 aliphatic heterocycles. The highest BCUT2D eigenvalue weighted by Crippen LogP contribution is 2.12. The van der Waals surface area contributed by atoms with Gasteiger partial charge in [0.1, 0.15) is 5.84 Å². The minimum Gasteiger partial charge on any atom is -0.335 e. The van der Waals surface area contributed by atoms with Crippen LogP contribution in [0.5, 0.6) is 0 Å². The molecule has 0 saturated heterocycles. The van der Waals surface area contributed by atoms with Crippen molar-refractivity contribution in [1.29, 1.82) is 0 Å². The van der Waals surface area contributed by atoms with Gasteiger partial charge < -0.3 is 5.32 Å². The largest absolute Gasteiger partial charge is 0.335 e. The molecule has 1 aliphatic rings. The van der Waals surface area contributed by atoms with Gasteiger partial charge in [0.05, 0.1) is 11.4 Å². The fraction of sp³-hybridized carbons (Fsp3) is 0.231. The SMILES string of the molecule is C=C1CCS(=O)CC(=Nc2cccc(P)c2)N=C(Cl)N1. The number of hydrogen-bond acceptors (Lipinski definition) is 3. The molecule has 0 radical (unpaired) electrons. The smallest absolute Gasteiger partial charge is 0.201 e. The molecule has 0 saturated carbocycles. The molecule has 0 spiro atoms. The molecule has 2 rings (SSSR count). The van der Waals surface area contributed by atoms with E-state index in [-0.39, 0.29) is 11.0 Å². The van der Waals surface area contributed by atoms with Crippen LogP contribution in [-0.4, -0.2) is 26.8 Å². The van der Waals surface area contributed by atoms with Gasteiger partial charge in [-0.1, -0.05) is 18.7 Å². The Morgan fingerprint density at radius 1 is 1.50 bits per heavy atom. The van der Waals surface area contributed by atoms with Gasteiger partial charge >= 0.3 is 0 Å². The minimum atomic E-state index is -1.03. The van der Waals surface area contributed by atoms with Crippen molar-refractivity contribution in [1.82, 2.24) is 5.32 Å². The third-order valence-electron chi connectivity index (χ3n) is 2.56. The first-order valence-corrected chi connectivity index (χ1v) is 8.44. The van der Waals surface area contributed by atoms with Crippen LogP contribution >= 0.6 is 20.8 Å². The zero-order valence-corrected chi connectivity index (χ0v) is 13.5. The predicted molar refractivity (Wildman–Crippen MR) is 90.9 cm³/mol. The van der Waals surface area contributed by atoms with Gasteiger partial charge in [0.15, 0.2) is 0 Å². The Bertz CT molecular complexity index is 615. The molecule has 1 aromatic carbocycles. The molecular weight excluding hydrogens is 313 g/mol. The molecule has 1 aromatic rings. The number of nitrogens with zero attached hydrogens (tertiary/aromatic N) is 2. The van der Waals surface area contributed by atoms with Gasteiger partial charge in [-0.15, -0.1) is 9.24 Å². The quantitative estimate of drug-likeness (QED) is 0.634. The molecular formula is C13H15ClN3OPS. The summed E-state index contributed by atoms with van der Waals surface area (Å²) in [5, 5.41) is 4.10. The lowest BCUT2D eigenvalue weighted by Gasteiger charge is -2.03. The van der Waals surface area contributed by atoms with Crippen molar-refractivity contribution in [2.75, 3.05) is 11.5 Å². The van der Waals surface area contributed by atoms with E-state index in [9.17, 15) is 4.21 Å². The fourth-order valence-corrected chi connectivity index (χ4v) is 3.18. The van der Waals surface area contributed by atoms with E-state index in [2.05, 4.69) is 31.1 Å². The summed E-state index contributed by atoms with van der Waals surface area (Å²) in [4.78, 5) is 8.60. The Balaban J connectivity index is 2.33. The second-order valence-corrected chi connectivity index (χ2v) is 6.89. The third kappa shape index (κ3) is 4.82. The van der Waals surface area contributed by atoms with Gasteiger partial charge in [0, 0.05) is 22.2 Å². The maximum atomic E-state index is 12.0. The Kier molecular flexibility index (Phi) is 5.46. The monoisotopic (exact) mass is 327 g/mol. The Morgan fingerprint density at radius 2 is 2.30 bits per heavy atom. The Labute approximate surface area is 128 Å². The van der Waals surface area contributed by atoms with Crippen molar-refractivity contribution >= 4 is 53.8 Å². The van der Waals surface area contributed by atoms with Crippen LogP contribution in [0.25, 0.3) is 0 Å². The maximum absolute atomic E-state index is 12.0. The van der Waals surface area contributed by atoms with Crippen LogP contribution in [0.1, 0.15) is 6.42 Å². The summed E-state index contributed by atoms with van der Waals surface area (Å²) in [7, 11) is 1.58. The molecule has 1 heterocycles. The summed E-state index contributed by atoms with van der Waals surface area (Å²) in [6.45, 7) is 3.81. The molecule has 0 aliphatic carbocycles. The highest BCUT2D eigenvalue weighted by molar-refractivity contribution is 7.85. The normalized spacial score (nSPS) is 22.5. The fourth-order valence-electron chi connectivity index (χ4n) is 1.64. The van der Waals surface area contributed by atoms with Crippen molar-refractivity contribution in [3.63, 3.8) is 0 Å². The molecule has 2 unspecified atom stereocenters. The van der Waals surface area contributed by atoms with E-state index in [1.165, 1.54) is 0 Å². The highest BCUT2D eigenvalue weighted by Gasteiger charge is 2.11. The lowest BCUT2D eigenvalue weighted by molar-refractivity contribution is 0.684. The molecule has 0 amide bonds. The van der Waals surface area contributed by atoms with Crippen LogP contribution in [0.15, 0.2) is 46.5 Å². The summed E-state index contributed by atoms with van der Waals surface area (Å²) in [5.41, 5.74) is 1.47. The first-order chi connectivity index (χ1) is 9.52. The van der Waals surface area contributed by atoms with Crippen molar-refractivity contribution < 1.29 is 4.21 Å². The third-order valence-corrected chi connectivity index (χ3v) is 4.33. The van der Waals surface area contributed by atoms with Crippen LogP contribution in [-0.2, 0) is 10.8 Å². The second-order valence-electron chi connectivity index (χ2n) is 4.29. The van der Waals surface area contributed by atoms with Crippen LogP contribution in [0.3, 0.4) is 0 Å². The summed E-state index contributed by atoms with van der Waals surface area (Å²) < 4.78 is 12.0. The van der Waals surface area contributed by atoms with Gasteiger partial charge in [-0.3, -0.25) is 4.21 Å². The summed E-state index contributed by atoms with van der Waals surface area (Å²) >= 11 is 6.00. The van der Waals surface area contributed by atoms with Crippen molar-refractivity contribution in [3.05, 3.63) is 36.5 Å². The van der Waals surface area contributed by atoms with Gasteiger partial charge in [-0.25, -0.2) is 9.98 Å². The van der Waals surface area contributed by atoms with Gasteiger partial charge in [0.25, 0.3) is 0 Å². The first-order valence-electron chi connectivity index (χ1n) is 6.00. The standard InChI is InChI=1S/C13H15ClN3OPS/c1-9-5-6-20(18)8-12(17-13(14)15-9)16-10-3-2-4-11(19)7-10/h2-4,7H,1,5-6,8,19H2,(H,15,16,17). The van der Waals surface area contributed by atoms with E-state index in [0.29, 0.717) is 23.7 Å². The number of hydrogen-bond donors (Lipinski definition) is 1. The topological polar surface area (TPSA) is 53.8 Å². The van der Waals surface area contributed by atoms with Gasteiger partial charge in [-0.05, 0) is 35.5 Å². The number of rotatable bonds is 1. The van der Waals surface area contributed by atoms with E-state index >= 15 is 0 Å². The van der Waals surface area contributed by atoms with Crippen molar-refractivity contribution in [2.45, 2.75) is 6.42 Å². The first kappa shape index (κ1) is 15.4. The Hall–Kier alpha value is -1.03. The van der Waals surface area contributed by atoms with Crippen molar-refractivity contribution in [3.8, 4) is 0 Å². The van der Waals surface area contributed by atoms with Crippen LogP contribution < -0.4 is 10.6 Å². The molecule has 0 aromatic heterocycles. The van der Waals surface area contributed by atoms with E-state index < -0.39 is 10.8 Å². The van der Waals surface area contributed by atoms with Crippen molar-refractivity contribution in [2.24, 2.45) is 9.98 Å². The second kappa shape index (κ2) is 7.11. The summed E-state index contributed by atoms with van der Waals surface area (Å²) in [6.07, 6.45) is 0.604. The zero-order chi connectivity index (χ0) is 14.5. The van der Waals surface area contributed by atoms with Crippen LogP contribution in [0.2, 0.25) is 0 Å². The number of aliphatic imine (C=N–C) groups is 2. The number of benzene rings is 1. The number of nitrogens with one attached hydrogen (secondary N) is 1. The maximum Gasteiger partial charge on any atom is 0.201 e. The Morgan fingerprint density at radius 3 is 3.05 bits per heavy atom. The average Bonchev–Trinajstić information content (AvgIpc) is 2.40. The molecule has 1 N–H and O–H groups in total. The van der Waals surface area contributed by atoms with Crippen LogP contribution in [0, 0.1) is 0 Å². The minimum absolute atomic E-state index is 0.203. The zero-order valence-electron chi connectivity index (χ0n) is 10.8. The molecule has 0 bridgehead atoms. The highest BCUT2D eigenvalue weighted by atomic mass is 35.5. The van der Waals surface area contributed by atoms with Gasteiger partial charge in [-0.2, -0.15) is 0 Å². The molecule has 4 nitrogen and oxygen atoms in total. The summed E-state index contributed by atoms with van der Waals surface area (Å²) in [6, 6.07) is 7.63. The van der Waals surface area contributed by atoms with E-state index in [4.69, 9.17) is 11.6 Å². The average molecular weight is 328 g/mol. The number of amidine groups is 2. The molecule has 106 valence electrons. The number of halogens is 1. The lowest BCUT2D eigenvalue weighted by atomic mass is 10.3. The molecule has 2 atom stereocenters. The molecule has 7 heteroatoms. The number of allylic oxidation sites excluding steroid dienone is 1. The van der Waals surface area contributed by atoms with Gasteiger partial charge in [0.2, 0.25) is 5.29 Å². The lowest BCUT2D eigenvalue weighted by Crippen LogP contribution is -2.18. The van der Waals surface area contributed by atoms with Crippen LogP contribution in [0.4, 0.5) is 5.69 Å². The molecule has 20 heavy (non-hydrogen) atoms. The van der Waals surface area contributed by atoms with E-state index in [0.717, 1.165) is 11.0 Å². The predicted octanol–water partition coefficient (Wildman–Crippen LogP) is 2.07. The van der Waals surface area contributed by atoms with E-state index in [1.807, 2.05) is 24.3 Å². The summed E-state index contributed by atoms with van der Waals surface area (Å²) in [5.74, 6) is 1.26.